The Bertz CT molecular complexity index is 1490. The number of unbranched alkanes of at least 4 members (excludes halogenated alkanes) is 1. The number of hydrogen-bond donors (Lipinski definition) is 2. The maximum Gasteiger partial charge on any atom is 0.307 e. The van der Waals surface area contributed by atoms with Crippen molar-refractivity contribution in [2.75, 3.05) is 0 Å². The zero-order chi connectivity index (χ0) is 26.3. The number of carboxylic acids is 1. The maximum atomic E-state index is 11.0. The van der Waals surface area contributed by atoms with Gasteiger partial charge in [-0.15, -0.1) is 5.10 Å². The van der Waals surface area contributed by atoms with E-state index in [4.69, 9.17) is 15.2 Å². The van der Waals surface area contributed by atoms with Crippen LogP contribution >= 0.6 is 0 Å². The van der Waals surface area contributed by atoms with E-state index in [-0.39, 0.29) is 6.42 Å². The SMILES string of the molecule is CCCCc1nc(Cc2ccc(CC(=O)O)cc2)n(Cc2ccc(-c3ccccc3-c3nnn[nH]3)cc2)n1. The van der Waals surface area contributed by atoms with Crippen molar-refractivity contribution < 1.29 is 9.90 Å². The monoisotopic (exact) mass is 507 g/mol. The molecular formula is C29H29N7O2. The van der Waals surface area contributed by atoms with Crippen LogP contribution in [-0.2, 0) is 30.6 Å². The molecule has 2 N–H and O–H groups in total. The number of aliphatic carboxylic acids is 1. The summed E-state index contributed by atoms with van der Waals surface area (Å²) in [5, 5.41) is 28.2. The predicted octanol–water partition coefficient (Wildman–Crippen LogP) is 4.73. The fourth-order valence-electron chi connectivity index (χ4n) is 4.43. The summed E-state index contributed by atoms with van der Waals surface area (Å²) in [7, 11) is 0. The lowest BCUT2D eigenvalue weighted by Crippen LogP contribution is -2.08. The molecule has 5 rings (SSSR count). The summed E-state index contributed by atoms with van der Waals surface area (Å²) in [6.45, 7) is 2.77. The number of aromatic nitrogens is 7. The summed E-state index contributed by atoms with van der Waals surface area (Å²) in [6, 6.07) is 24.2. The van der Waals surface area contributed by atoms with Crippen LogP contribution in [0, 0.1) is 0 Å². The number of benzene rings is 3. The number of H-pyrrole nitrogens is 1. The van der Waals surface area contributed by atoms with Crippen LogP contribution in [-0.4, -0.2) is 46.5 Å². The van der Waals surface area contributed by atoms with E-state index in [0.29, 0.717) is 18.8 Å². The highest BCUT2D eigenvalue weighted by Crippen LogP contribution is 2.29. The minimum absolute atomic E-state index is 0.0212. The first-order valence-electron chi connectivity index (χ1n) is 12.7. The van der Waals surface area contributed by atoms with Gasteiger partial charge < -0.3 is 5.11 Å². The zero-order valence-corrected chi connectivity index (χ0v) is 21.2. The van der Waals surface area contributed by atoms with E-state index >= 15 is 0 Å². The van der Waals surface area contributed by atoms with Crippen LogP contribution in [0.3, 0.4) is 0 Å². The third-order valence-electron chi connectivity index (χ3n) is 6.41. The van der Waals surface area contributed by atoms with Crippen molar-refractivity contribution >= 4 is 5.97 Å². The second kappa shape index (κ2) is 11.6. The van der Waals surface area contributed by atoms with Gasteiger partial charge in [-0.3, -0.25) is 4.79 Å². The summed E-state index contributed by atoms with van der Waals surface area (Å²) in [5.41, 5.74) is 6.05. The maximum absolute atomic E-state index is 11.0. The molecule has 5 aromatic rings. The molecule has 38 heavy (non-hydrogen) atoms. The molecule has 0 spiro atoms. The topological polar surface area (TPSA) is 122 Å². The summed E-state index contributed by atoms with van der Waals surface area (Å²) in [4.78, 5) is 15.8. The third-order valence-corrected chi connectivity index (χ3v) is 6.41. The van der Waals surface area contributed by atoms with Gasteiger partial charge in [-0.1, -0.05) is 86.1 Å². The number of aromatic amines is 1. The lowest BCUT2D eigenvalue weighted by Gasteiger charge is -2.10. The van der Waals surface area contributed by atoms with Crippen molar-refractivity contribution in [1.82, 2.24) is 35.4 Å². The van der Waals surface area contributed by atoms with E-state index in [1.165, 1.54) is 0 Å². The Morgan fingerprint density at radius 2 is 1.63 bits per heavy atom. The Kier molecular flexibility index (Phi) is 7.63. The second-order valence-electron chi connectivity index (χ2n) is 9.26. The number of carbonyl (C=O) groups is 1. The van der Waals surface area contributed by atoms with Gasteiger partial charge in [0.15, 0.2) is 11.6 Å². The number of nitrogens with zero attached hydrogens (tertiary/aromatic N) is 6. The molecule has 0 saturated carbocycles. The molecule has 9 nitrogen and oxygen atoms in total. The van der Waals surface area contributed by atoms with Gasteiger partial charge in [-0.25, -0.2) is 14.8 Å². The van der Waals surface area contributed by atoms with Gasteiger partial charge >= 0.3 is 5.97 Å². The van der Waals surface area contributed by atoms with Crippen molar-refractivity contribution in [2.45, 2.75) is 45.6 Å². The van der Waals surface area contributed by atoms with E-state index in [1.807, 2.05) is 47.1 Å². The van der Waals surface area contributed by atoms with E-state index < -0.39 is 5.97 Å². The molecule has 2 heterocycles. The van der Waals surface area contributed by atoms with E-state index in [9.17, 15) is 4.79 Å². The Balaban J connectivity index is 1.37. The predicted molar refractivity (Wildman–Crippen MR) is 143 cm³/mol. The molecule has 0 amide bonds. The van der Waals surface area contributed by atoms with Crippen LogP contribution in [0.15, 0.2) is 72.8 Å². The molecule has 0 atom stereocenters. The largest absolute Gasteiger partial charge is 0.481 e. The highest BCUT2D eigenvalue weighted by atomic mass is 16.4. The Morgan fingerprint density at radius 1 is 0.921 bits per heavy atom. The Morgan fingerprint density at radius 3 is 2.32 bits per heavy atom. The van der Waals surface area contributed by atoms with Gasteiger partial charge in [0.05, 0.1) is 13.0 Å². The average Bonchev–Trinajstić information content (AvgIpc) is 3.59. The van der Waals surface area contributed by atoms with Gasteiger partial charge in [-0.05, 0) is 44.7 Å². The van der Waals surface area contributed by atoms with Crippen molar-refractivity contribution in [3.8, 4) is 22.5 Å². The number of carboxylic acid groups (broad SMARTS) is 1. The number of nitrogens with one attached hydrogen (secondary N) is 1. The number of hydrogen-bond acceptors (Lipinski definition) is 6. The van der Waals surface area contributed by atoms with Crippen molar-refractivity contribution in [3.05, 3.63) is 101 Å². The first-order chi connectivity index (χ1) is 18.6. The fourth-order valence-corrected chi connectivity index (χ4v) is 4.43. The van der Waals surface area contributed by atoms with E-state index in [2.05, 4.69) is 57.9 Å². The summed E-state index contributed by atoms with van der Waals surface area (Å²) in [5.74, 6) is 1.56. The van der Waals surface area contributed by atoms with Gasteiger partial charge in [0, 0.05) is 18.4 Å². The minimum atomic E-state index is -0.831. The lowest BCUT2D eigenvalue weighted by molar-refractivity contribution is -0.136. The minimum Gasteiger partial charge on any atom is -0.481 e. The van der Waals surface area contributed by atoms with Crippen LogP contribution in [0.1, 0.15) is 48.1 Å². The first kappa shape index (κ1) is 25.0. The van der Waals surface area contributed by atoms with Crippen LogP contribution in [0.25, 0.3) is 22.5 Å². The van der Waals surface area contributed by atoms with Gasteiger partial charge in [0.25, 0.3) is 0 Å². The normalized spacial score (nSPS) is 11.1. The van der Waals surface area contributed by atoms with Gasteiger partial charge in [0.1, 0.15) is 5.82 Å². The molecule has 2 aromatic heterocycles. The van der Waals surface area contributed by atoms with Crippen molar-refractivity contribution in [3.63, 3.8) is 0 Å². The van der Waals surface area contributed by atoms with Crippen LogP contribution in [0.5, 0.6) is 0 Å². The van der Waals surface area contributed by atoms with Gasteiger partial charge in [-0.2, -0.15) is 5.10 Å². The van der Waals surface area contributed by atoms with E-state index in [0.717, 1.165) is 64.3 Å². The van der Waals surface area contributed by atoms with Crippen LogP contribution in [0.4, 0.5) is 0 Å². The zero-order valence-electron chi connectivity index (χ0n) is 21.2. The fraction of sp³-hybridized carbons (Fsp3) is 0.241. The van der Waals surface area contributed by atoms with E-state index in [1.54, 1.807) is 0 Å². The Labute approximate surface area is 220 Å². The smallest absolute Gasteiger partial charge is 0.307 e. The summed E-state index contributed by atoms with van der Waals surface area (Å²) in [6.07, 6.45) is 3.63. The second-order valence-corrected chi connectivity index (χ2v) is 9.26. The molecule has 0 radical (unpaired) electrons. The summed E-state index contributed by atoms with van der Waals surface area (Å²) < 4.78 is 1.99. The average molecular weight is 508 g/mol. The molecule has 0 fully saturated rings. The van der Waals surface area contributed by atoms with Crippen molar-refractivity contribution in [2.24, 2.45) is 0 Å². The molecule has 192 valence electrons. The first-order valence-corrected chi connectivity index (χ1v) is 12.7. The van der Waals surface area contributed by atoms with Crippen LogP contribution < -0.4 is 0 Å². The third kappa shape index (κ3) is 6.00. The lowest BCUT2D eigenvalue weighted by atomic mass is 9.98. The molecular weight excluding hydrogens is 478 g/mol. The molecule has 0 saturated heterocycles. The molecule has 0 aliphatic heterocycles. The quantitative estimate of drug-likeness (QED) is 0.265. The summed E-state index contributed by atoms with van der Waals surface area (Å²) >= 11 is 0. The molecule has 9 heteroatoms. The molecule has 0 unspecified atom stereocenters. The van der Waals surface area contributed by atoms with Crippen molar-refractivity contribution in [1.29, 1.82) is 0 Å². The number of rotatable bonds is 11. The highest BCUT2D eigenvalue weighted by Gasteiger charge is 2.13. The number of tetrazole rings is 1. The molecule has 3 aromatic carbocycles. The van der Waals surface area contributed by atoms with Gasteiger partial charge in [0.2, 0.25) is 0 Å². The highest BCUT2D eigenvalue weighted by molar-refractivity contribution is 5.80. The van der Waals surface area contributed by atoms with Crippen LogP contribution in [0.2, 0.25) is 0 Å². The molecule has 0 bridgehead atoms. The standard InChI is InChI=1S/C29H29N7O2/c1-2-3-8-26-30-27(17-20-9-11-21(12-10-20)18-28(37)38)36(33-26)19-22-13-15-23(16-14-22)24-6-4-5-7-25(24)29-31-34-35-32-29/h4-7,9-16H,2-3,8,17-19H2,1H3,(H,37,38)(H,31,32,34,35). The Hall–Kier alpha value is -4.66. The molecule has 0 aliphatic carbocycles. The number of aryl methyl sites for hydroxylation is 1. The molecule has 0 aliphatic rings.